The molecule has 21 heavy (non-hydrogen) atoms. The molecule has 2 fully saturated rings. The van der Waals surface area contributed by atoms with E-state index in [2.05, 4.69) is 21.2 Å². The Kier molecular flexibility index (Phi) is 4.87. The van der Waals surface area contributed by atoms with Crippen LogP contribution in [0, 0.1) is 0 Å². The van der Waals surface area contributed by atoms with Crippen LogP contribution in [0.15, 0.2) is 22.7 Å². The van der Waals surface area contributed by atoms with Gasteiger partial charge in [0.15, 0.2) is 0 Å². The summed E-state index contributed by atoms with van der Waals surface area (Å²) in [6.07, 6.45) is 5.76. The summed E-state index contributed by atoms with van der Waals surface area (Å²) in [5.41, 5.74) is 0.607. The predicted molar refractivity (Wildman–Crippen MR) is 88.9 cm³/mol. The molecule has 2 heterocycles. The zero-order valence-corrected chi connectivity index (χ0v) is 14.3. The summed E-state index contributed by atoms with van der Waals surface area (Å²) in [5.74, 6) is 0.0692. The second kappa shape index (κ2) is 6.67. The number of carbonyl (C=O) groups is 1. The molecule has 0 spiro atoms. The van der Waals surface area contributed by atoms with Crippen molar-refractivity contribution in [1.29, 1.82) is 0 Å². The Hall–Kier alpha value is -0.580. The molecular formula is C16H20BrClN2O. The highest BCUT2D eigenvalue weighted by Gasteiger charge is 2.35. The third-order valence-electron chi connectivity index (χ3n) is 4.55. The lowest BCUT2D eigenvalue weighted by Crippen LogP contribution is -2.52. The van der Waals surface area contributed by atoms with Crippen molar-refractivity contribution in [3.8, 4) is 0 Å². The Bertz CT molecular complexity index is 531. The van der Waals surface area contributed by atoms with Crippen molar-refractivity contribution in [2.75, 3.05) is 13.1 Å². The number of carbonyl (C=O) groups excluding carboxylic acids is 1. The van der Waals surface area contributed by atoms with E-state index in [1.807, 2.05) is 23.1 Å². The Morgan fingerprint density at radius 2 is 2.14 bits per heavy atom. The Morgan fingerprint density at radius 3 is 2.90 bits per heavy atom. The molecule has 2 aliphatic heterocycles. The standard InChI is InChI=1S/C16H20BrClN2O/c17-12-6-3-5-11(15(12)18)16(21)20-10-2-1-8-14(20)13-7-4-9-19-13/h3,5-6,13-14,19H,1-2,4,7-10H2. The molecule has 0 bridgehead atoms. The van der Waals surface area contributed by atoms with Gasteiger partial charge in [0.1, 0.15) is 0 Å². The minimum absolute atomic E-state index is 0.0692. The summed E-state index contributed by atoms with van der Waals surface area (Å²) in [6.45, 7) is 1.91. The molecule has 114 valence electrons. The number of piperidine rings is 1. The highest BCUT2D eigenvalue weighted by atomic mass is 79.9. The third kappa shape index (κ3) is 3.13. The third-order valence-corrected chi connectivity index (χ3v) is 5.85. The van der Waals surface area contributed by atoms with E-state index in [9.17, 15) is 4.79 Å². The molecule has 1 aromatic rings. The topological polar surface area (TPSA) is 32.3 Å². The summed E-state index contributed by atoms with van der Waals surface area (Å²) in [7, 11) is 0. The van der Waals surface area contributed by atoms with Crippen LogP contribution in [0.2, 0.25) is 5.02 Å². The number of hydrogen-bond donors (Lipinski definition) is 1. The van der Waals surface area contributed by atoms with E-state index in [-0.39, 0.29) is 5.91 Å². The second-order valence-electron chi connectivity index (χ2n) is 5.87. The van der Waals surface area contributed by atoms with E-state index in [0.29, 0.717) is 22.7 Å². The van der Waals surface area contributed by atoms with Gasteiger partial charge in [0, 0.05) is 23.1 Å². The van der Waals surface area contributed by atoms with Crippen LogP contribution in [-0.4, -0.2) is 36.0 Å². The first kappa shape index (κ1) is 15.3. The van der Waals surface area contributed by atoms with Crippen LogP contribution in [0.5, 0.6) is 0 Å². The SMILES string of the molecule is O=C(c1cccc(Br)c1Cl)N1CCCCC1C1CCCN1. The number of hydrogen-bond acceptors (Lipinski definition) is 2. The molecule has 1 amide bonds. The maximum atomic E-state index is 12.9. The van der Waals surface area contributed by atoms with Crippen molar-refractivity contribution >= 4 is 33.4 Å². The smallest absolute Gasteiger partial charge is 0.255 e. The van der Waals surface area contributed by atoms with Gasteiger partial charge in [-0.2, -0.15) is 0 Å². The number of benzene rings is 1. The molecule has 1 N–H and O–H groups in total. The minimum Gasteiger partial charge on any atom is -0.334 e. The van der Waals surface area contributed by atoms with Crippen molar-refractivity contribution in [2.24, 2.45) is 0 Å². The molecular weight excluding hydrogens is 352 g/mol. The lowest BCUT2D eigenvalue weighted by molar-refractivity contribution is 0.0563. The molecule has 2 unspecified atom stereocenters. The second-order valence-corrected chi connectivity index (χ2v) is 7.10. The van der Waals surface area contributed by atoms with Crippen molar-refractivity contribution in [3.63, 3.8) is 0 Å². The molecule has 2 atom stereocenters. The van der Waals surface area contributed by atoms with Crippen LogP contribution in [0.4, 0.5) is 0 Å². The molecule has 3 nitrogen and oxygen atoms in total. The Morgan fingerprint density at radius 1 is 1.29 bits per heavy atom. The number of rotatable bonds is 2. The van der Waals surface area contributed by atoms with E-state index in [4.69, 9.17) is 11.6 Å². The average Bonchev–Trinajstić information content (AvgIpc) is 3.03. The van der Waals surface area contributed by atoms with E-state index in [0.717, 1.165) is 30.4 Å². The van der Waals surface area contributed by atoms with E-state index in [1.54, 1.807) is 0 Å². The van der Waals surface area contributed by atoms with Crippen LogP contribution in [0.1, 0.15) is 42.5 Å². The fourth-order valence-corrected chi connectivity index (χ4v) is 4.06. The van der Waals surface area contributed by atoms with E-state index in [1.165, 1.54) is 19.3 Å². The molecule has 0 radical (unpaired) electrons. The van der Waals surface area contributed by atoms with Gasteiger partial charge in [0.05, 0.1) is 10.6 Å². The van der Waals surface area contributed by atoms with Gasteiger partial charge in [-0.3, -0.25) is 4.79 Å². The van der Waals surface area contributed by atoms with Gasteiger partial charge < -0.3 is 10.2 Å². The zero-order valence-electron chi connectivity index (χ0n) is 11.9. The number of halogens is 2. The maximum absolute atomic E-state index is 12.9. The quantitative estimate of drug-likeness (QED) is 0.856. The van der Waals surface area contributed by atoms with E-state index < -0.39 is 0 Å². The van der Waals surface area contributed by atoms with Gasteiger partial charge in [-0.1, -0.05) is 17.7 Å². The largest absolute Gasteiger partial charge is 0.334 e. The highest BCUT2D eigenvalue weighted by Crippen LogP contribution is 2.30. The first-order valence-electron chi connectivity index (χ1n) is 7.67. The van der Waals surface area contributed by atoms with Crippen LogP contribution < -0.4 is 5.32 Å². The van der Waals surface area contributed by atoms with Crippen LogP contribution in [-0.2, 0) is 0 Å². The maximum Gasteiger partial charge on any atom is 0.255 e. The Labute approximate surface area is 139 Å². The number of likely N-dealkylation sites (tertiary alicyclic amines) is 1. The van der Waals surface area contributed by atoms with Crippen LogP contribution >= 0.6 is 27.5 Å². The highest BCUT2D eigenvalue weighted by molar-refractivity contribution is 9.10. The van der Waals surface area contributed by atoms with Gasteiger partial charge in [-0.05, 0) is 66.7 Å². The summed E-state index contributed by atoms with van der Waals surface area (Å²) in [4.78, 5) is 15.0. The molecule has 0 aromatic heterocycles. The first-order valence-corrected chi connectivity index (χ1v) is 8.84. The molecule has 1 aromatic carbocycles. The van der Waals surface area contributed by atoms with Gasteiger partial charge in [-0.15, -0.1) is 0 Å². The summed E-state index contributed by atoms with van der Waals surface area (Å²) in [6, 6.07) is 6.31. The van der Waals surface area contributed by atoms with Crippen LogP contribution in [0.25, 0.3) is 0 Å². The fraction of sp³-hybridized carbons (Fsp3) is 0.562. The molecule has 3 rings (SSSR count). The summed E-state index contributed by atoms with van der Waals surface area (Å²) in [5, 5.41) is 4.07. The summed E-state index contributed by atoms with van der Waals surface area (Å²) < 4.78 is 0.780. The predicted octanol–water partition coefficient (Wildman–Crippen LogP) is 3.85. The minimum atomic E-state index is 0.0692. The molecule has 2 saturated heterocycles. The first-order chi connectivity index (χ1) is 10.2. The van der Waals surface area contributed by atoms with Crippen molar-refractivity contribution in [2.45, 2.75) is 44.2 Å². The van der Waals surface area contributed by atoms with E-state index >= 15 is 0 Å². The van der Waals surface area contributed by atoms with Crippen LogP contribution in [0.3, 0.4) is 0 Å². The zero-order chi connectivity index (χ0) is 14.8. The van der Waals surface area contributed by atoms with Gasteiger partial charge in [0.25, 0.3) is 5.91 Å². The van der Waals surface area contributed by atoms with Crippen molar-refractivity contribution in [1.82, 2.24) is 10.2 Å². The van der Waals surface area contributed by atoms with Gasteiger partial charge in [0.2, 0.25) is 0 Å². The normalized spacial score (nSPS) is 26.1. The van der Waals surface area contributed by atoms with Gasteiger partial charge >= 0.3 is 0 Å². The molecule has 0 saturated carbocycles. The lowest BCUT2D eigenvalue weighted by Gasteiger charge is -2.39. The molecule has 5 heteroatoms. The number of nitrogens with zero attached hydrogens (tertiary/aromatic N) is 1. The fourth-order valence-electron chi connectivity index (χ4n) is 3.49. The molecule has 2 aliphatic rings. The monoisotopic (exact) mass is 370 g/mol. The lowest BCUT2D eigenvalue weighted by atomic mass is 9.93. The number of nitrogens with one attached hydrogen (secondary N) is 1. The van der Waals surface area contributed by atoms with Gasteiger partial charge in [-0.25, -0.2) is 0 Å². The molecule has 0 aliphatic carbocycles. The van der Waals surface area contributed by atoms with Crippen molar-refractivity contribution < 1.29 is 4.79 Å². The Balaban J connectivity index is 1.85. The summed E-state index contributed by atoms with van der Waals surface area (Å²) >= 11 is 9.71. The average molecular weight is 372 g/mol. The number of amides is 1. The van der Waals surface area contributed by atoms with Crippen molar-refractivity contribution in [3.05, 3.63) is 33.3 Å².